The van der Waals surface area contributed by atoms with E-state index in [-0.39, 0.29) is 23.7 Å². The highest BCUT2D eigenvalue weighted by molar-refractivity contribution is 5.92. The van der Waals surface area contributed by atoms with Crippen LogP contribution in [-0.2, 0) is 4.79 Å². The molecule has 0 fully saturated rings. The normalized spacial score (nSPS) is 10.6. The van der Waals surface area contributed by atoms with E-state index in [1.165, 1.54) is 36.4 Å². The third kappa shape index (κ3) is 5.70. The molecule has 0 spiro atoms. The molecule has 0 aliphatic rings. The lowest BCUT2D eigenvalue weighted by Gasteiger charge is -2.13. The number of aryl methyl sites for hydroxylation is 1. The summed E-state index contributed by atoms with van der Waals surface area (Å²) in [5.74, 6) is 1.36. The fourth-order valence-corrected chi connectivity index (χ4v) is 2.93. The second kappa shape index (κ2) is 9.73. The van der Waals surface area contributed by atoms with Crippen LogP contribution in [0.1, 0.15) is 43.7 Å². The van der Waals surface area contributed by atoms with E-state index in [0.29, 0.717) is 24.7 Å². The van der Waals surface area contributed by atoms with Gasteiger partial charge in [0.2, 0.25) is 5.91 Å². The molecule has 0 radical (unpaired) electrons. The van der Waals surface area contributed by atoms with Gasteiger partial charge in [0, 0.05) is 18.6 Å². The molecule has 0 saturated carbocycles. The molecule has 0 bridgehead atoms. The third-order valence-corrected chi connectivity index (χ3v) is 4.35. The SMILES string of the molecule is COc1ccc([N+](=O)[O-])cc1NC(=O)CCCOc1ccc(C(C)C)c(C)c1. The largest absolute Gasteiger partial charge is 0.495 e. The predicted octanol–water partition coefficient (Wildman–Crippen LogP) is 4.83. The number of methoxy groups -OCH3 is 1. The summed E-state index contributed by atoms with van der Waals surface area (Å²) >= 11 is 0. The van der Waals surface area contributed by atoms with Crippen LogP contribution in [0.25, 0.3) is 0 Å². The third-order valence-electron chi connectivity index (χ3n) is 4.35. The molecule has 0 aromatic heterocycles. The highest BCUT2D eigenvalue weighted by Gasteiger charge is 2.13. The zero-order valence-electron chi connectivity index (χ0n) is 16.7. The number of anilines is 1. The minimum Gasteiger partial charge on any atom is -0.495 e. The summed E-state index contributed by atoms with van der Waals surface area (Å²) in [4.78, 5) is 22.5. The molecule has 150 valence electrons. The van der Waals surface area contributed by atoms with Crippen LogP contribution in [0.4, 0.5) is 11.4 Å². The van der Waals surface area contributed by atoms with Crippen molar-refractivity contribution in [3.05, 3.63) is 57.6 Å². The number of rotatable bonds is 9. The highest BCUT2D eigenvalue weighted by Crippen LogP contribution is 2.29. The minimum atomic E-state index is -0.518. The molecule has 0 heterocycles. The lowest BCUT2D eigenvalue weighted by Crippen LogP contribution is -2.13. The summed E-state index contributed by atoms with van der Waals surface area (Å²) in [5.41, 5.74) is 2.64. The van der Waals surface area contributed by atoms with Crippen molar-refractivity contribution in [1.82, 2.24) is 0 Å². The lowest BCUT2D eigenvalue weighted by atomic mass is 9.98. The van der Waals surface area contributed by atoms with E-state index in [0.717, 1.165) is 5.75 Å². The van der Waals surface area contributed by atoms with Crippen molar-refractivity contribution in [2.24, 2.45) is 0 Å². The summed E-state index contributed by atoms with van der Waals surface area (Å²) < 4.78 is 10.9. The summed E-state index contributed by atoms with van der Waals surface area (Å²) in [7, 11) is 1.44. The van der Waals surface area contributed by atoms with Crippen LogP contribution in [0.5, 0.6) is 11.5 Å². The van der Waals surface area contributed by atoms with Crippen molar-refractivity contribution in [3.63, 3.8) is 0 Å². The predicted molar refractivity (Wildman–Crippen MR) is 108 cm³/mol. The van der Waals surface area contributed by atoms with Gasteiger partial charge < -0.3 is 14.8 Å². The van der Waals surface area contributed by atoms with Gasteiger partial charge in [-0.3, -0.25) is 14.9 Å². The number of nitrogens with one attached hydrogen (secondary N) is 1. The Labute approximate surface area is 164 Å². The Morgan fingerprint density at radius 2 is 1.96 bits per heavy atom. The number of hydrogen-bond donors (Lipinski definition) is 1. The maximum Gasteiger partial charge on any atom is 0.271 e. The molecule has 28 heavy (non-hydrogen) atoms. The van der Waals surface area contributed by atoms with Crippen LogP contribution < -0.4 is 14.8 Å². The van der Waals surface area contributed by atoms with Crippen molar-refractivity contribution in [2.75, 3.05) is 19.0 Å². The molecule has 2 rings (SSSR count). The number of ether oxygens (including phenoxy) is 2. The molecule has 0 saturated heterocycles. The molecule has 0 aliphatic carbocycles. The number of carbonyl (C=O) groups excluding carboxylic acids is 1. The van der Waals surface area contributed by atoms with Gasteiger partial charge in [-0.15, -0.1) is 0 Å². The number of nitro benzene ring substituents is 1. The maximum atomic E-state index is 12.2. The second-order valence-electron chi connectivity index (χ2n) is 6.81. The quantitative estimate of drug-likeness (QED) is 0.378. The molecule has 1 amide bonds. The van der Waals surface area contributed by atoms with E-state index in [1.807, 2.05) is 12.1 Å². The van der Waals surface area contributed by atoms with Crippen LogP contribution in [0.15, 0.2) is 36.4 Å². The van der Waals surface area contributed by atoms with E-state index in [2.05, 4.69) is 32.2 Å². The molecule has 2 aromatic rings. The van der Waals surface area contributed by atoms with Gasteiger partial charge in [-0.25, -0.2) is 0 Å². The van der Waals surface area contributed by atoms with Gasteiger partial charge in [0.1, 0.15) is 11.5 Å². The first-order valence-electron chi connectivity index (χ1n) is 9.17. The molecule has 1 N–H and O–H groups in total. The Hall–Kier alpha value is -3.09. The molecule has 7 nitrogen and oxygen atoms in total. The van der Waals surface area contributed by atoms with E-state index >= 15 is 0 Å². The second-order valence-corrected chi connectivity index (χ2v) is 6.81. The monoisotopic (exact) mass is 386 g/mol. The fraction of sp³-hybridized carbons (Fsp3) is 0.381. The number of nitro groups is 1. The van der Waals surface area contributed by atoms with Crippen molar-refractivity contribution >= 4 is 17.3 Å². The van der Waals surface area contributed by atoms with Gasteiger partial charge >= 0.3 is 0 Å². The summed E-state index contributed by atoms with van der Waals surface area (Å²) in [5, 5.41) is 13.6. The fourth-order valence-electron chi connectivity index (χ4n) is 2.93. The zero-order valence-corrected chi connectivity index (χ0v) is 16.7. The molecular weight excluding hydrogens is 360 g/mol. The zero-order chi connectivity index (χ0) is 20.7. The first-order chi connectivity index (χ1) is 13.3. The van der Waals surface area contributed by atoms with E-state index in [4.69, 9.17) is 9.47 Å². The maximum absolute atomic E-state index is 12.2. The summed E-state index contributed by atoms with van der Waals surface area (Å²) in [6.45, 7) is 6.76. The lowest BCUT2D eigenvalue weighted by molar-refractivity contribution is -0.384. The highest BCUT2D eigenvalue weighted by atomic mass is 16.6. The number of benzene rings is 2. The van der Waals surface area contributed by atoms with Crippen LogP contribution in [0.2, 0.25) is 0 Å². The molecule has 0 unspecified atom stereocenters. The Morgan fingerprint density at radius 1 is 1.21 bits per heavy atom. The molecule has 0 aliphatic heterocycles. The van der Waals surface area contributed by atoms with Gasteiger partial charge in [-0.1, -0.05) is 19.9 Å². The van der Waals surface area contributed by atoms with Crippen molar-refractivity contribution in [3.8, 4) is 11.5 Å². The number of non-ortho nitro benzene ring substituents is 1. The van der Waals surface area contributed by atoms with Crippen LogP contribution in [0.3, 0.4) is 0 Å². The first kappa shape index (κ1) is 21.2. The smallest absolute Gasteiger partial charge is 0.271 e. The van der Waals surface area contributed by atoms with Crippen molar-refractivity contribution < 1.29 is 19.2 Å². The van der Waals surface area contributed by atoms with Crippen molar-refractivity contribution in [1.29, 1.82) is 0 Å². The average molecular weight is 386 g/mol. The van der Waals surface area contributed by atoms with E-state index in [1.54, 1.807) is 0 Å². The van der Waals surface area contributed by atoms with Crippen LogP contribution in [-0.4, -0.2) is 24.5 Å². The van der Waals surface area contributed by atoms with Gasteiger partial charge in [0.15, 0.2) is 0 Å². The molecule has 2 aromatic carbocycles. The minimum absolute atomic E-state index is 0.111. The van der Waals surface area contributed by atoms with Gasteiger partial charge in [-0.05, 0) is 48.6 Å². The van der Waals surface area contributed by atoms with Gasteiger partial charge in [0.05, 0.1) is 24.3 Å². The van der Waals surface area contributed by atoms with Crippen LogP contribution >= 0.6 is 0 Å². The summed E-state index contributed by atoms with van der Waals surface area (Å²) in [6, 6.07) is 10.1. The molecular formula is C21H26N2O5. The summed E-state index contributed by atoms with van der Waals surface area (Å²) in [6.07, 6.45) is 0.753. The van der Waals surface area contributed by atoms with Crippen LogP contribution in [0, 0.1) is 17.0 Å². The van der Waals surface area contributed by atoms with E-state index < -0.39 is 4.92 Å². The van der Waals surface area contributed by atoms with E-state index in [9.17, 15) is 14.9 Å². The molecule has 7 heteroatoms. The van der Waals surface area contributed by atoms with Crippen molar-refractivity contribution in [2.45, 2.75) is 39.5 Å². The Kier molecular flexibility index (Phi) is 7.37. The Bertz CT molecular complexity index is 849. The number of amides is 1. The topological polar surface area (TPSA) is 90.7 Å². The average Bonchev–Trinajstić information content (AvgIpc) is 2.65. The standard InChI is InChI=1S/C21H26N2O5/c1-14(2)18-9-8-17(12-15(18)3)28-11-5-6-21(24)22-19-13-16(23(25)26)7-10-20(19)27-4/h7-10,12-14H,5-6,11H2,1-4H3,(H,22,24). The molecule has 0 atom stereocenters. The number of nitrogens with zero attached hydrogens (tertiary/aromatic N) is 1. The Morgan fingerprint density at radius 3 is 2.57 bits per heavy atom. The first-order valence-corrected chi connectivity index (χ1v) is 9.17. The van der Waals surface area contributed by atoms with Gasteiger partial charge in [0.25, 0.3) is 5.69 Å². The number of carbonyl (C=O) groups is 1. The van der Waals surface area contributed by atoms with Gasteiger partial charge in [-0.2, -0.15) is 0 Å². The number of hydrogen-bond acceptors (Lipinski definition) is 5. The Balaban J connectivity index is 1.86.